The quantitative estimate of drug-likeness (QED) is 0.840. The van der Waals surface area contributed by atoms with Crippen LogP contribution in [0.4, 0.5) is 0 Å². The van der Waals surface area contributed by atoms with Gasteiger partial charge in [0.1, 0.15) is 5.69 Å². The number of aliphatic hydroxyl groups is 1. The van der Waals surface area contributed by atoms with Gasteiger partial charge < -0.3 is 15.0 Å². The summed E-state index contributed by atoms with van der Waals surface area (Å²) in [6.45, 7) is 3.04. The molecule has 0 aliphatic rings. The van der Waals surface area contributed by atoms with Gasteiger partial charge in [0.2, 0.25) is 0 Å². The zero-order valence-corrected chi connectivity index (χ0v) is 13.5. The van der Waals surface area contributed by atoms with Crippen molar-refractivity contribution in [2.75, 3.05) is 6.54 Å². The first kappa shape index (κ1) is 15.8. The van der Waals surface area contributed by atoms with Crippen LogP contribution in [0.15, 0.2) is 47.1 Å². The molecule has 2 aromatic rings. The molecule has 0 saturated carbocycles. The van der Waals surface area contributed by atoms with Gasteiger partial charge in [0.15, 0.2) is 0 Å². The molecule has 1 unspecified atom stereocenters. The molecular formula is C16H19BrN2O2. The fraction of sp³-hybridized carbons (Fsp3) is 0.312. The number of aliphatic hydroxyl groups excluding tert-OH is 1. The minimum absolute atomic E-state index is 0.177. The van der Waals surface area contributed by atoms with Gasteiger partial charge in [0.05, 0.1) is 6.10 Å². The maximum absolute atomic E-state index is 12.2. The van der Waals surface area contributed by atoms with Crippen molar-refractivity contribution in [1.29, 1.82) is 0 Å². The lowest BCUT2D eigenvalue weighted by molar-refractivity contribution is 0.0907. The molecular weight excluding hydrogens is 332 g/mol. The van der Waals surface area contributed by atoms with Crippen molar-refractivity contribution in [3.63, 3.8) is 0 Å². The highest BCUT2D eigenvalue weighted by molar-refractivity contribution is 9.10. The molecule has 0 bridgehead atoms. The second-order valence-corrected chi connectivity index (χ2v) is 5.79. The van der Waals surface area contributed by atoms with Gasteiger partial charge in [-0.15, -0.1) is 0 Å². The maximum atomic E-state index is 12.2. The summed E-state index contributed by atoms with van der Waals surface area (Å²) in [5.41, 5.74) is 1.40. The van der Waals surface area contributed by atoms with E-state index in [9.17, 15) is 9.90 Å². The van der Waals surface area contributed by atoms with E-state index < -0.39 is 6.10 Å². The number of nitrogens with one attached hydrogen (secondary N) is 1. The maximum Gasteiger partial charge on any atom is 0.268 e. The summed E-state index contributed by atoms with van der Waals surface area (Å²) in [4.78, 5) is 12.2. The third-order valence-electron chi connectivity index (χ3n) is 3.20. The molecule has 112 valence electrons. The summed E-state index contributed by atoms with van der Waals surface area (Å²) < 4.78 is 2.79. The Labute approximate surface area is 132 Å². The molecule has 5 heteroatoms. The molecule has 0 spiro atoms. The predicted molar refractivity (Wildman–Crippen MR) is 86.2 cm³/mol. The topological polar surface area (TPSA) is 54.3 Å². The standard InChI is InChI=1S/C16H19BrN2O2/c1-2-8-19-11-13(17)9-14(19)16(21)18-10-15(20)12-6-4-3-5-7-12/h3-7,9,11,15,20H,2,8,10H2,1H3,(H,18,21). The summed E-state index contributed by atoms with van der Waals surface area (Å²) in [6.07, 6.45) is 2.15. The van der Waals surface area contributed by atoms with Crippen LogP contribution in [0.2, 0.25) is 0 Å². The highest BCUT2D eigenvalue weighted by Gasteiger charge is 2.14. The van der Waals surface area contributed by atoms with Crippen molar-refractivity contribution in [1.82, 2.24) is 9.88 Å². The second kappa shape index (κ2) is 7.43. The second-order valence-electron chi connectivity index (χ2n) is 4.87. The van der Waals surface area contributed by atoms with Crippen LogP contribution >= 0.6 is 15.9 Å². The van der Waals surface area contributed by atoms with Crippen LogP contribution in [0, 0.1) is 0 Å². The first-order chi connectivity index (χ1) is 10.1. The zero-order valence-electron chi connectivity index (χ0n) is 11.9. The number of benzene rings is 1. The number of halogens is 1. The predicted octanol–water partition coefficient (Wildman–Crippen LogP) is 3.12. The smallest absolute Gasteiger partial charge is 0.268 e. The Morgan fingerprint density at radius 1 is 1.38 bits per heavy atom. The Hall–Kier alpha value is -1.59. The van der Waals surface area contributed by atoms with Crippen molar-refractivity contribution in [2.24, 2.45) is 0 Å². The summed E-state index contributed by atoms with van der Waals surface area (Å²) in [7, 11) is 0. The average Bonchev–Trinajstić information content (AvgIpc) is 2.86. The molecule has 1 aromatic carbocycles. The molecule has 0 aliphatic carbocycles. The van der Waals surface area contributed by atoms with E-state index in [1.807, 2.05) is 41.1 Å². The Balaban J connectivity index is 1.99. The van der Waals surface area contributed by atoms with Crippen LogP contribution in [0.25, 0.3) is 0 Å². The highest BCUT2D eigenvalue weighted by atomic mass is 79.9. The molecule has 21 heavy (non-hydrogen) atoms. The van der Waals surface area contributed by atoms with Crippen LogP contribution in [-0.4, -0.2) is 22.1 Å². The number of carbonyl (C=O) groups is 1. The van der Waals surface area contributed by atoms with Crippen molar-refractivity contribution < 1.29 is 9.90 Å². The molecule has 2 rings (SSSR count). The van der Waals surface area contributed by atoms with Crippen molar-refractivity contribution in [3.8, 4) is 0 Å². The van der Waals surface area contributed by atoms with Gasteiger partial charge in [-0.1, -0.05) is 37.3 Å². The normalized spacial score (nSPS) is 12.1. The Bertz CT molecular complexity index is 596. The molecule has 0 fully saturated rings. The van der Waals surface area contributed by atoms with Gasteiger partial charge in [0, 0.05) is 23.8 Å². The van der Waals surface area contributed by atoms with Crippen molar-refractivity contribution in [2.45, 2.75) is 26.0 Å². The third-order valence-corrected chi connectivity index (χ3v) is 3.63. The van der Waals surface area contributed by atoms with E-state index in [2.05, 4.69) is 28.2 Å². The van der Waals surface area contributed by atoms with E-state index in [1.54, 1.807) is 6.07 Å². The zero-order chi connectivity index (χ0) is 15.2. The number of carbonyl (C=O) groups excluding carboxylic acids is 1. The number of amides is 1. The van der Waals surface area contributed by atoms with Crippen LogP contribution in [0.1, 0.15) is 35.5 Å². The van der Waals surface area contributed by atoms with Gasteiger partial charge in [-0.25, -0.2) is 0 Å². The molecule has 0 radical (unpaired) electrons. The third kappa shape index (κ3) is 4.19. The molecule has 0 saturated heterocycles. The lowest BCUT2D eigenvalue weighted by Gasteiger charge is -2.13. The number of aromatic nitrogens is 1. The fourth-order valence-corrected chi connectivity index (χ4v) is 2.63. The Morgan fingerprint density at radius 3 is 2.76 bits per heavy atom. The van der Waals surface area contributed by atoms with Crippen LogP contribution in [0.5, 0.6) is 0 Å². The van der Waals surface area contributed by atoms with Gasteiger partial charge in [-0.05, 0) is 34.0 Å². The van der Waals surface area contributed by atoms with Gasteiger partial charge in [-0.2, -0.15) is 0 Å². The number of hydrogen-bond acceptors (Lipinski definition) is 2. The molecule has 1 heterocycles. The summed E-state index contributed by atoms with van der Waals surface area (Å²) in [5.74, 6) is -0.177. The van der Waals surface area contributed by atoms with Gasteiger partial charge >= 0.3 is 0 Å². The Morgan fingerprint density at radius 2 is 2.10 bits per heavy atom. The molecule has 4 nitrogen and oxygen atoms in total. The van der Waals surface area contributed by atoms with E-state index in [-0.39, 0.29) is 12.5 Å². The minimum atomic E-state index is -0.701. The monoisotopic (exact) mass is 350 g/mol. The van der Waals surface area contributed by atoms with Crippen molar-refractivity contribution in [3.05, 3.63) is 58.3 Å². The van der Waals surface area contributed by atoms with E-state index in [1.165, 1.54) is 0 Å². The number of rotatable bonds is 6. The first-order valence-electron chi connectivity index (χ1n) is 6.98. The number of aryl methyl sites for hydroxylation is 1. The summed E-state index contributed by atoms with van der Waals surface area (Å²) in [5, 5.41) is 12.8. The van der Waals surface area contributed by atoms with Crippen molar-refractivity contribution >= 4 is 21.8 Å². The molecule has 1 aromatic heterocycles. The van der Waals surface area contributed by atoms with E-state index >= 15 is 0 Å². The largest absolute Gasteiger partial charge is 0.387 e. The van der Waals surface area contributed by atoms with Gasteiger partial charge in [0.25, 0.3) is 5.91 Å². The minimum Gasteiger partial charge on any atom is -0.387 e. The van der Waals surface area contributed by atoms with E-state index in [4.69, 9.17) is 0 Å². The molecule has 1 atom stereocenters. The summed E-state index contributed by atoms with van der Waals surface area (Å²) in [6, 6.07) is 11.1. The van der Waals surface area contributed by atoms with Crippen LogP contribution in [-0.2, 0) is 6.54 Å². The summed E-state index contributed by atoms with van der Waals surface area (Å²) >= 11 is 3.39. The van der Waals surface area contributed by atoms with E-state index in [0.29, 0.717) is 5.69 Å². The average molecular weight is 351 g/mol. The Kier molecular flexibility index (Phi) is 5.59. The number of nitrogens with zero attached hydrogens (tertiary/aromatic N) is 1. The first-order valence-corrected chi connectivity index (χ1v) is 7.78. The number of hydrogen-bond donors (Lipinski definition) is 2. The lowest BCUT2D eigenvalue weighted by atomic mass is 10.1. The molecule has 1 amide bonds. The molecule has 2 N–H and O–H groups in total. The molecule has 0 aliphatic heterocycles. The SMILES string of the molecule is CCCn1cc(Br)cc1C(=O)NCC(O)c1ccccc1. The highest BCUT2D eigenvalue weighted by Crippen LogP contribution is 2.16. The lowest BCUT2D eigenvalue weighted by Crippen LogP contribution is -2.30. The van der Waals surface area contributed by atoms with E-state index in [0.717, 1.165) is 23.0 Å². The van der Waals surface area contributed by atoms with Crippen LogP contribution < -0.4 is 5.32 Å². The van der Waals surface area contributed by atoms with Crippen LogP contribution in [0.3, 0.4) is 0 Å². The fourth-order valence-electron chi connectivity index (χ4n) is 2.16. The van der Waals surface area contributed by atoms with Gasteiger partial charge in [-0.3, -0.25) is 4.79 Å².